The first kappa shape index (κ1) is 22.5. The zero-order chi connectivity index (χ0) is 22.4. The van der Waals surface area contributed by atoms with Crippen LogP contribution in [0, 0.1) is 5.82 Å². The number of anilines is 1. The van der Waals surface area contributed by atoms with Gasteiger partial charge < -0.3 is 5.32 Å². The summed E-state index contributed by atoms with van der Waals surface area (Å²) < 4.78 is 40.8. The van der Waals surface area contributed by atoms with Gasteiger partial charge in [0.1, 0.15) is 12.4 Å². The Balaban J connectivity index is 1.83. The summed E-state index contributed by atoms with van der Waals surface area (Å²) >= 11 is 0. The Labute approximate surface area is 182 Å². The zero-order valence-electron chi connectivity index (χ0n) is 17.5. The Morgan fingerprint density at radius 3 is 2.16 bits per heavy atom. The van der Waals surface area contributed by atoms with E-state index < -0.39 is 28.3 Å². The van der Waals surface area contributed by atoms with E-state index in [1.807, 2.05) is 31.2 Å². The third kappa shape index (κ3) is 5.49. The van der Waals surface area contributed by atoms with Crippen LogP contribution < -0.4 is 9.62 Å². The summed E-state index contributed by atoms with van der Waals surface area (Å²) in [5.74, 6) is -0.979. The highest BCUT2D eigenvalue weighted by Gasteiger charge is 2.27. The minimum atomic E-state index is -4.07. The van der Waals surface area contributed by atoms with Crippen molar-refractivity contribution in [2.45, 2.75) is 31.2 Å². The molecule has 162 valence electrons. The standard InChI is InChI=1S/C24H25FN2O3S/c1-3-19-9-11-20(12-10-19)18(2)26-24(28)17-27(22-7-5-4-6-8-22)31(29,30)23-15-13-21(25)14-16-23/h4-16,18H,3,17H2,1-2H3,(H,26,28). The second kappa shape index (κ2) is 9.75. The third-order valence-corrected chi connectivity index (χ3v) is 6.79. The van der Waals surface area contributed by atoms with E-state index in [9.17, 15) is 17.6 Å². The molecule has 0 aliphatic rings. The lowest BCUT2D eigenvalue weighted by Gasteiger charge is -2.25. The van der Waals surface area contributed by atoms with Crippen LogP contribution in [0.3, 0.4) is 0 Å². The van der Waals surface area contributed by atoms with Crippen LogP contribution in [0.4, 0.5) is 10.1 Å². The van der Waals surface area contributed by atoms with Crippen molar-refractivity contribution in [3.63, 3.8) is 0 Å². The van der Waals surface area contributed by atoms with Gasteiger partial charge in [-0.15, -0.1) is 0 Å². The van der Waals surface area contributed by atoms with E-state index in [4.69, 9.17) is 0 Å². The lowest BCUT2D eigenvalue weighted by Crippen LogP contribution is -2.41. The summed E-state index contributed by atoms with van der Waals surface area (Å²) in [5.41, 5.74) is 2.48. The molecule has 0 fully saturated rings. The number of nitrogens with zero attached hydrogens (tertiary/aromatic N) is 1. The molecule has 0 saturated heterocycles. The minimum absolute atomic E-state index is 0.0891. The SMILES string of the molecule is CCc1ccc(C(C)NC(=O)CN(c2ccccc2)S(=O)(=O)c2ccc(F)cc2)cc1. The third-order valence-electron chi connectivity index (χ3n) is 5.00. The topological polar surface area (TPSA) is 66.5 Å². The molecule has 1 atom stereocenters. The van der Waals surface area contributed by atoms with Gasteiger partial charge in [0, 0.05) is 0 Å². The van der Waals surface area contributed by atoms with Crippen molar-refractivity contribution in [1.29, 1.82) is 0 Å². The Morgan fingerprint density at radius 2 is 1.58 bits per heavy atom. The maximum Gasteiger partial charge on any atom is 0.264 e. The second-order valence-electron chi connectivity index (χ2n) is 7.19. The molecule has 0 aromatic heterocycles. The number of benzene rings is 3. The molecule has 0 spiro atoms. The summed E-state index contributed by atoms with van der Waals surface area (Å²) in [6, 6.07) is 20.5. The van der Waals surface area contributed by atoms with Gasteiger partial charge in [0.25, 0.3) is 10.0 Å². The smallest absolute Gasteiger partial charge is 0.264 e. The quantitative estimate of drug-likeness (QED) is 0.562. The molecule has 0 saturated carbocycles. The highest BCUT2D eigenvalue weighted by Crippen LogP contribution is 2.24. The van der Waals surface area contributed by atoms with Gasteiger partial charge in [-0.25, -0.2) is 12.8 Å². The largest absolute Gasteiger partial charge is 0.348 e. The number of hydrogen-bond acceptors (Lipinski definition) is 3. The van der Waals surface area contributed by atoms with Gasteiger partial charge >= 0.3 is 0 Å². The molecule has 1 unspecified atom stereocenters. The number of sulfonamides is 1. The molecular formula is C24H25FN2O3S. The number of carbonyl (C=O) groups excluding carboxylic acids is 1. The van der Waals surface area contributed by atoms with Gasteiger partial charge in [-0.05, 0) is 60.9 Å². The van der Waals surface area contributed by atoms with Crippen molar-refractivity contribution >= 4 is 21.6 Å². The fourth-order valence-electron chi connectivity index (χ4n) is 3.19. The van der Waals surface area contributed by atoms with Gasteiger partial charge in [-0.3, -0.25) is 9.10 Å². The van der Waals surface area contributed by atoms with E-state index >= 15 is 0 Å². The molecule has 7 heteroatoms. The van der Waals surface area contributed by atoms with Crippen LogP contribution >= 0.6 is 0 Å². The number of amides is 1. The van der Waals surface area contributed by atoms with Crippen LogP contribution in [0.1, 0.15) is 31.0 Å². The van der Waals surface area contributed by atoms with Gasteiger partial charge in [0.15, 0.2) is 0 Å². The summed E-state index contributed by atoms with van der Waals surface area (Å²) in [4.78, 5) is 12.7. The minimum Gasteiger partial charge on any atom is -0.348 e. The molecule has 0 radical (unpaired) electrons. The van der Waals surface area contributed by atoms with Gasteiger partial charge in [-0.1, -0.05) is 49.4 Å². The van der Waals surface area contributed by atoms with Gasteiger partial charge in [-0.2, -0.15) is 0 Å². The van der Waals surface area contributed by atoms with Crippen molar-refractivity contribution in [3.05, 3.63) is 95.8 Å². The highest BCUT2D eigenvalue weighted by atomic mass is 32.2. The van der Waals surface area contributed by atoms with Crippen molar-refractivity contribution in [1.82, 2.24) is 5.32 Å². The molecule has 3 aromatic rings. The first-order valence-corrected chi connectivity index (χ1v) is 11.5. The Hall–Kier alpha value is -3.19. The number of aryl methyl sites for hydroxylation is 1. The Morgan fingerprint density at radius 1 is 0.968 bits per heavy atom. The molecular weight excluding hydrogens is 415 g/mol. The summed E-state index contributed by atoms with van der Waals surface area (Å²) in [6.07, 6.45) is 0.925. The van der Waals surface area contributed by atoms with E-state index in [0.717, 1.165) is 28.4 Å². The highest BCUT2D eigenvalue weighted by molar-refractivity contribution is 7.92. The maximum atomic E-state index is 13.3. The van der Waals surface area contributed by atoms with E-state index in [2.05, 4.69) is 12.2 Å². The van der Waals surface area contributed by atoms with Crippen LogP contribution in [0.5, 0.6) is 0 Å². The maximum absolute atomic E-state index is 13.3. The fraction of sp³-hybridized carbons (Fsp3) is 0.208. The van der Waals surface area contributed by atoms with Crippen LogP contribution in [0.15, 0.2) is 83.8 Å². The number of halogens is 1. The summed E-state index contributed by atoms with van der Waals surface area (Å²) in [5, 5.41) is 2.86. The summed E-state index contributed by atoms with van der Waals surface area (Å²) in [6.45, 7) is 3.52. The van der Waals surface area contributed by atoms with Crippen LogP contribution in [0.25, 0.3) is 0 Å². The molecule has 1 amide bonds. The van der Waals surface area contributed by atoms with Crippen molar-refractivity contribution in [2.24, 2.45) is 0 Å². The molecule has 3 aromatic carbocycles. The monoisotopic (exact) mass is 440 g/mol. The molecule has 1 N–H and O–H groups in total. The Bertz CT molecular complexity index is 1120. The van der Waals surface area contributed by atoms with E-state index in [-0.39, 0.29) is 10.9 Å². The van der Waals surface area contributed by atoms with Crippen molar-refractivity contribution in [2.75, 3.05) is 10.8 Å². The number of carbonyl (C=O) groups is 1. The zero-order valence-corrected chi connectivity index (χ0v) is 18.3. The molecule has 0 aliphatic carbocycles. The molecule has 5 nitrogen and oxygen atoms in total. The first-order chi connectivity index (χ1) is 14.8. The lowest BCUT2D eigenvalue weighted by atomic mass is 10.1. The van der Waals surface area contributed by atoms with E-state index in [1.165, 1.54) is 17.7 Å². The molecule has 3 rings (SSSR count). The molecule has 0 bridgehead atoms. The van der Waals surface area contributed by atoms with E-state index in [1.54, 1.807) is 30.3 Å². The average molecular weight is 441 g/mol. The lowest BCUT2D eigenvalue weighted by molar-refractivity contribution is -0.120. The van der Waals surface area contributed by atoms with Crippen LogP contribution in [-0.4, -0.2) is 20.9 Å². The number of hydrogen-bond donors (Lipinski definition) is 1. The average Bonchev–Trinajstić information content (AvgIpc) is 2.78. The fourth-order valence-corrected chi connectivity index (χ4v) is 4.61. The first-order valence-electron chi connectivity index (χ1n) is 10.0. The normalized spacial score (nSPS) is 12.2. The summed E-state index contributed by atoms with van der Waals surface area (Å²) in [7, 11) is -4.07. The molecule has 0 aliphatic heterocycles. The predicted octanol–water partition coefficient (Wildman–Crippen LogP) is 4.46. The van der Waals surface area contributed by atoms with Crippen LogP contribution in [0.2, 0.25) is 0 Å². The number of rotatable bonds is 8. The number of para-hydroxylation sites is 1. The van der Waals surface area contributed by atoms with Crippen molar-refractivity contribution in [3.8, 4) is 0 Å². The van der Waals surface area contributed by atoms with Gasteiger partial charge in [0.05, 0.1) is 16.6 Å². The molecule has 0 heterocycles. The Kier molecular flexibility index (Phi) is 7.07. The van der Waals surface area contributed by atoms with Crippen molar-refractivity contribution < 1.29 is 17.6 Å². The second-order valence-corrected chi connectivity index (χ2v) is 9.05. The van der Waals surface area contributed by atoms with E-state index in [0.29, 0.717) is 5.69 Å². The van der Waals surface area contributed by atoms with Gasteiger partial charge in [0.2, 0.25) is 5.91 Å². The number of nitrogens with one attached hydrogen (secondary N) is 1. The van der Waals surface area contributed by atoms with Crippen LogP contribution in [-0.2, 0) is 21.2 Å². The predicted molar refractivity (Wildman–Crippen MR) is 120 cm³/mol. The molecule has 31 heavy (non-hydrogen) atoms.